The smallest absolute Gasteiger partial charge is 0 e. The van der Waals surface area contributed by atoms with E-state index < -0.39 is 0 Å². The third-order valence-electron chi connectivity index (χ3n) is 0. The van der Waals surface area contributed by atoms with Gasteiger partial charge in [0.25, 0.3) is 0 Å². The number of hydrogen-bond acceptors (Lipinski definition) is 0. The molecule has 0 heterocycles. The maximum absolute atomic E-state index is 0. The average molecular weight is 177 g/mol. The second-order valence-corrected chi connectivity index (χ2v) is 0. The molecule has 0 atom stereocenters. The monoisotopic (exact) mass is 175 g/mol. The first-order chi connectivity index (χ1) is 0. The maximum atomic E-state index is 0. The molecular formula is H2ClNaVZn. The van der Waals surface area contributed by atoms with Crippen LogP contribution in [0.15, 0.2) is 0 Å². The van der Waals surface area contributed by atoms with Crippen molar-refractivity contribution < 1.29 is 38.0 Å². The molecular weight excluding hydrogens is 175 g/mol. The van der Waals surface area contributed by atoms with Gasteiger partial charge >= 0.3 is 29.6 Å². The molecule has 0 N–H and O–H groups in total. The standard InChI is InChI=1S/ClH.Na.V.Zn.H/h1H;;;;. The van der Waals surface area contributed by atoms with E-state index in [1.807, 2.05) is 0 Å². The molecule has 0 rings (SSSR count). The van der Waals surface area contributed by atoms with E-state index in [9.17, 15) is 0 Å². The summed E-state index contributed by atoms with van der Waals surface area (Å²) in [5.41, 5.74) is 0. The van der Waals surface area contributed by atoms with Crippen molar-refractivity contribution in [3.63, 3.8) is 0 Å². The minimum absolute atomic E-state index is 0. The van der Waals surface area contributed by atoms with Crippen LogP contribution >= 0.6 is 12.4 Å². The first-order valence-electron chi connectivity index (χ1n) is 0. The van der Waals surface area contributed by atoms with Crippen molar-refractivity contribution in [2.45, 2.75) is 0 Å². The molecule has 0 spiro atoms. The minimum atomic E-state index is 0. The van der Waals surface area contributed by atoms with Gasteiger partial charge in [-0.15, -0.1) is 12.4 Å². The third kappa shape index (κ3) is 8.82. The molecule has 0 nitrogen and oxygen atoms in total. The van der Waals surface area contributed by atoms with Crippen molar-refractivity contribution in [3.05, 3.63) is 0 Å². The van der Waals surface area contributed by atoms with Crippen molar-refractivity contribution in [3.8, 4) is 0 Å². The summed E-state index contributed by atoms with van der Waals surface area (Å²) in [4.78, 5) is 0. The van der Waals surface area contributed by atoms with Crippen LogP contribution in [0.4, 0.5) is 0 Å². The Labute approximate surface area is 78.8 Å². The Balaban J connectivity index is 0. The average Bonchev–Trinajstić information content (AvgIpc) is 0. The molecule has 0 aliphatic carbocycles. The van der Waals surface area contributed by atoms with Gasteiger partial charge in [0.2, 0.25) is 0 Å². The summed E-state index contributed by atoms with van der Waals surface area (Å²) in [6, 6.07) is 0. The van der Waals surface area contributed by atoms with Crippen molar-refractivity contribution in [1.29, 1.82) is 0 Å². The first-order valence-corrected chi connectivity index (χ1v) is 0. The molecule has 4 heteroatoms. The molecule has 0 aromatic heterocycles. The Morgan fingerprint density at radius 2 is 1.00 bits per heavy atom. The zero-order valence-electron chi connectivity index (χ0n) is 1.56. The fourth-order valence-electron chi connectivity index (χ4n) is 0. The Morgan fingerprint density at radius 1 is 1.00 bits per heavy atom. The van der Waals surface area contributed by atoms with E-state index in [0.29, 0.717) is 0 Å². The van der Waals surface area contributed by atoms with Crippen LogP contribution in [0, 0.1) is 0 Å². The summed E-state index contributed by atoms with van der Waals surface area (Å²) in [6.07, 6.45) is 0. The molecule has 1 radical (unpaired) electrons. The Bertz CT molecular complexity index is 8.00. The molecule has 0 aromatic rings. The first kappa shape index (κ1) is 31.5. The zero-order valence-corrected chi connectivity index (χ0v) is 6.74. The molecule has 0 fully saturated rings. The fraction of sp³-hybridized carbons (Fsp3) is 0. The Kier molecular flexibility index (Phi) is 140. The van der Waals surface area contributed by atoms with Crippen LogP contribution < -0.4 is 0 Å². The van der Waals surface area contributed by atoms with Crippen LogP contribution in [-0.4, -0.2) is 29.6 Å². The summed E-state index contributed by atoms with van der Waals surface area (Å²) in [5, 5.41) is 0. The van der Waals surface area contributed by atoms with Gasteiger partial charge in [0.05, 0.1) is 0 Å². The molecule has 17 valence electrons. The SMILES string of the molecule is Cl.[NaH].[V].[Zn]. The van der Waals surface area contributed by atoms with Crippen LogP contribution in [0.2, 0.25) is 0 Å². The summed E-state index contributed by atoms with van der Waals surface area (Å²) in [5.74, 6) is 0. The van der Waals surface area contributed by atoms with Crippen molar-refractivity contribution in [2.75, 3.05) is 0 Å². The van der Waals surface area contributed by atoms with E-state index in [-0.39, 0.29) is 80.0 Å². The van der Waals surface area contributed by atoms with Crippen LogP contribution in [0.25, 0.3) is 0 Å². The van der Waals surface area contributed by atoms with E-state index in [4.69, 9.17) is 0 Å². The molecule has 0 unspecified atom stereocenters. The van der Waals surface area contributed by atoms with Gasteiger partial charge in [-0.2, -0.15) is 0 Å². The van der Waals surface area contributed by atoms with Crippen LogP contribution in [0.1, 0.15) is 0 Å². The van der Waals surface area contributed by atoms with E-state index in [2.05, 4.69) is 0 Å². The van der Waals surface area contributed by atoms with E-state index in [1.54, 1.807) is 0 Å². The molecule has 0 amide bonds. The van der Waals surface area contributed by atoms with Crippen molar-refractivity contribution in [1.82, 2.24) is 0 Å². The van der Waals surface area contributed by atoms with Crippen LogP contribution in [0.3, 0.4) is 0 Å². The van der Waals surface area contributed by atoms with Crippen LogP contribution in [0.5, 0.6) is 0 Å². The van der Waals surface area contributed by atoms with Gasteiger partial charge in [0.15, 0.2) is 0 Å². The number of rotatable bonds is 0. The van der Waals surface area contributed by atoms with Crippen LogP contribution in [-0.2, 0) is 38.0 Å². The molecule has 0 aromatic carbocycles. The van der Waals surface area contributed by atoms with E-state index >= 15 is 0 Å². The molecule has 4 heavy (non-hydrogen) atoms. The van der Waals surface area contributed by atoms with Gasteiger partial charge in [-0.3, -0.25) is 0 Å². The van der Waals surface area contributed by atoms with E-state index in [0.717, 1.165) is 0 Å². The van der Waals surface area contributed by atoms with Gasteiger partial charge in [0.1, 0.15) is 0 Å². The zero-order chi connectivity index (χ0) is 0. The number of halogens is 1. The summed E-state index contributed by atoms with van der Waals surface area (Å²) in [6.45, 7) is 0. The van der Waals surface area contributed by atoms with Crippen molar-refractivity contribution in [2.24, 2.45) is 0 Å². The predicted octanol–water partition coefficient (Wildman–Crippen LogP) is -0.232. The summed E-state index contributed by atoms with van der Waals surface area (Å²) in [7, 11) is 0. The topological polar surface area (TPSA) is 0 Å². The fourth-order valence-corrected chi connectivity index (χ4v) is 0. The molecule has 0 saturated carbocycles. The molecule has 0 saturated heterocycles. The van der Waals surface area contributed by atoms with Gasteiger partial charge in [0, 0.05) is 38.0 Å². The summed E-state index contributed by atoms with van der Waals surface area (Å²) < 4.78 is 0. The summed E-state index contributed by atoms with van der Waals surface area (Å²) >= 11 is 0. The van der Waals surface area contributed by atoms with Crippen molar-refractivity contribution >= 4 is 42.0 Å². The largest absolute Gasteiger partial charge is 0 e. The number of hydrogen-bond donors (Lipinski definition) is 0. The van der Waals surface area contributed by atoms with Gasteiger partial charge < -0.3 is 0 Å². The Hall–Kier alpha value is 2.50. The molecule has 0 aliphatic heterocycles. The Morgan fingerprint density at radius 3 is 1.00 bits per heavy atom. The molecule has 0 bridgehead atoms. The van der Waals surface area contributed by atoms with Gasteiger partial charge in [-0.25, -0.2) is 0 Å². The van der Waals surface area contributed by atoms with Gasteiger partial charge in [-0.05, 0) is 0 Å². The van der Waals surface area contributed by atoms with E-state index in [1.165, 1.54) is 0 Å². The second kappa shape index (κ2) is 17.8. The predicted molar refractivity (Wildman–Crippen MR) is 14.4 cm³/mol. The maximum Gasteiger partial charge on any atom is 0 e. The molecule has 0 aliphatic rings. The quantitative estimate of drug-likeness (QED) is 0.448. The minimum Gasteiger partial charge on any atom is 0 e. The second-order valence-electron chi connectivity index (χ2n) is 0. The normalized spacial score (nSPS) is 0. The van der Waals surface area contributed by atoms with Gasteiger partial charge in [-0.1, -0.05) is 0 Å². The third-order valence-corrected chi connectivity index (χ3v) is 0.